The quantitative estimate of drug-likeness (QED) is 0.847. The summed E-state index contributed by atoms with van der Waals surface area (Å²) in [4.78, 5) is 25.7. The topological polar surface area (TPSA) is 49.4 Å². The van der Waals surface area contributed by atoms with Gasteiger partial charge in [-0.3, -0.25) is 9.59 Å². The Bertz CT molecular complexity index is 834. The summed E-state index contributed by atoms with van der Waals surface area (Å²) in [5.41, 5.74) is -0.555. The molecule has 1 aliphatic heterocycles. The number of hydrogen-bond donors (Lipinski definition) is 1. The normalized spacial score (nSPS) is 17.5. The fourth-order valence-electron chi connectivity index (χ4n) is 2.78. The number of carbonyl (C=O) groups excluding carboxylic acids is 2. The van der Waals surface area contributed by atoms with Crippen molar-refractivity contribution in [2.45, 2.75) is 18.6 Å². The number of anilines is 1. The van der Waals surface area contributed by atoms with Gasteiger partial charge in [0.15, 0.2) is 0 Å². The van der Waals surface area contributed by atoms with Gasteiger partial charge in [-0.1, -0.05) is 6.07 Å². The standard InChI is InChI=1S/C18H14F4N2O2/c19-13-4-6-15(7-5-13)24-10-14(9-16(24)25)23-17(26)11-2-1-3-12(8-11)18(20,21)22/h1-8,14H,9-10H2,(H,23,26)/t14-/m1/s1. The maximum absolute atomic E-state index is 13.0. The number of benzene rings is 2. The van der Waals surface area contributed by atoms with Crippen LogP contribution in [-0.2, 0) is 11.0 Å². The SMILES string of the molecule is O=C(N[C@@H]1CC(=O)N(c2ccc(F)cc2)C1)c1cccc(C(F)(F)F)c1. The van der Waals surface area contributed by atoms with Gasteiger partial charge in [-0.15, -0.1) is 0 Å². The third-order valence-corrected chi connectivity index (χ3v) is 4.05. The van der Waals surface area contributed by atoms with Crippen LogP contribution in [0.3, 0.4) is 0 Å². The van der Waals surface area contributed by atoms with Crippen LogP contribution in [-0.4, -0.2) is 24.4 Å². The van der Waals surface area contributed by atoms with Gasteiger partial charge in [0.1, 0.15) is 5.82 Å². The molecular formula is C18H14F4N2O2. The van der Waals surface area contributed by atoms with Crippen molar-refractivity contribution in [3.05, 3.63) is 65.5 Å². The van der Waals surface area contributed by atoms with Crippen molar-refractivity contribution < 1.29 is 27.2 Å². The first-order valence-electron chi connectivity index (χ1n) is 7.78. The minimum Gasteiger partial charge on any atom is -0.347 e. The van der Waals surface area contributed by atoms with Gasteiger partial charge in [0.2, 0.25) is 5.91 Å². The Morgan fingerprint density at radius 3 is 2.46 bits per heavy atom. The third-order valence-electron chi connectivity index (χ3n) is 4.05. The van der Waals surface area contributed by atoms with Gasteiger partial charge in [0.05, 0.1) is 11.6 Å². The van der Waals surface area contributed by atoms with Crippen molar-refractivity contribution in [3.8, 4) is 0 Å². The zero-order chi connectivity index (χ0) is 18.9. The van der Waals surface area contributed by atoms with E-state index in [-0.39, 0.29) is 24.4 Å². The molecule has 0 aliphatic carbocycles. The first-order valence-corrected chi connectivity index (χ1v) is 7.78. The van der Waals surface area contributed by atoms with Gasteiger partial charge in [-0.25, -0.2) is 4.39 Å². The molecule has 2 aromatic carbocycles. The van der Waals surface area contributed by atoms with E-state index in [1.165, 1.54) is 35.2 Å². The van der Waals surface area contributed by atoms with E-state index in [2.05, 4.69) is 5.32 Å². The second-order valence-electron chi connectivity index (χ2n) is 5.93. The number of halogens is 4. The minimum atomic E-state index is -4.54. The molecule has 0 spiro atoms. The van der Waals surface area contributed by atoms with Crippen LogP contribution in [0.1, 0.15) is 22.3 Å². The molecule has 26 heavy (non-hydrogen) atoms. The maximum Gasteiger partial charge on any atom is 0.416 e. The molecule has 0 radical (unpaired) electrons. The summed E-state index contributed by atoms with van der Waals surface area (Å²) in [5, 5.41) is 2.57. The molecule has 4 nitrogen and oxygen atoms in total. The van der Waals surface area contributed by atoms with Crippen molar-refractivity contribution in [1.82, 2.24) is 5.32 Å². The Balaban J connectivity index is 1.69. The highest BCUT2D eigenvalue weighted by Crippen LogP contribution is 2.29. The van der Waals surface area contributed by atoms with E-state index in [1.807, 2.05) is 0 Å². The van der Waals surface area contributed by atoms with E-state index in [1.54, 1.807) is 0 Å². The number of hydrogen-bond acceptors (Lipinski definition) is 2. The van der Waals surface area contributed by atoms with Crippen LogP contribution >= 0.6 is 0 Å². The van der Waals surface area contributed by atoms with Crippen LogP contribution in [0.2, 0.25) is 0 Å². The molecule has 0 bridgehead atoms. The van der Waals surface area contributed by atoms with Gasteiger partial charge >= 0.3 is 6.18 Å². The monoisotopic (exact) mass is 366 g/mol. The Hall–Kier alpha value is -2.90. The molecule has 0 unspecified atom stereocenters. The van der Waals surface area contributed by atoms with E-state index >= 15 is 0 Å². The van der Waals surface area contributed by atoms with E-state index in [0.717, 1.165) is 18.2 Å². The first kappa shape index (κ1) is 17.9. The number of alkyl halides is 3. The first-order chi connectivity index (χ1) is 12.2. The predicted molar refractivity (Wildman–Crippen MR) is 86.1 cm³/mol. The van der Waals surface area contributed by atoms with Crippen LogP contribution in [0.15, 0.2) is 48.5 Å². The van der Waals surface area contributed by atoms with Gasteiger partial charge < -0.3 is 10.2 Å². The third kappa shape index (κ3) is 3.84. The van der Waals surface area contributed by atoms with Crippen molar-refractivity contribution in [1.29, 1.82) is 0 Å². The highest BCUT2D eigenvalue weighted by atomic mass is 19.4. The lowest BCUT2D eigenvalue weighted by molar-refractivity contribution is -0.137. The molecule has 1 heterocycles. The van der Waals surface area contributed by atoms with Gasteiger partial charge in [0.25, 0.3) is 5.91 Å². The zero-order valence-corrected chi connectivity index (χ0v) is 13.4. The van der Waals surface area contributed by atoms with Crippen LogP contribution in [0.4, 0.5) is 23.2 Å². The molecule has 136 valence electrons. The smallest absolute Gasteiger partial charge is 0.347 e. The molecule has 2 amide bonds. The number of rotatable bonds is 3. The molecule has 1 atom stereocenters. The van der Waals surface area contributed by atoms with E-state index in [9.17, 15) is 27.2 Å². The summed E-state index contributed by atoms with van der Waals surface area (Å²) >= 11 is 0. The molecular weight excluding hydrogens is 352 g/mol. The van der Waals surface area contributed by atoms with Gasteiger partial charge in [0, 0.05) is 24.2 Å². The molecule has 0 saturated carbocycles. The Labute approximate surface area is 146 Å². The Morgan fingerprint density at radius 2 is 1.81 bits per heavy atom. The lowest BCUT2D eigenvalue weighted by atomic mass is 10.1. The van der Waals surface area contributed by atoms with Crippen molar-refractivity contribution in [2.75, 3.05) is 11.4 Å². The molecule has 1 fully saturated rings. The lowest BCUT2D eigenvalue weighted by Crippen LogP contribution is -2.37. The van der Waals surface area contributed by atoms with E-state index in [0.29, 0.717) is 5.69 Å². The Morgan fingerprint density at radius 1 is 1.12 bits per heavy atom. The summed E-state index contributed by atoms with van der Waals surface area (Å²) in [7, 11) is 0. The summed E-state index contributed by atoms with van der Waals surface area (Å²) in [5.74, 6) is -1.38. The second-order valence-corrected chi connectivity index (χ2v) is 5.93. The number of amides is 2. The molecule has 1 N–H and O–H groups in total. The molecule has 3 rings (SSSR count). The van der Waals surface area contributed by atoms with Gasteiger partial charge in [-0.2, -0.15) is 13.2 Å². The minimum absolute atomic E-state index is 0.0160. The van der Waals surface area contributed by atoms with E-state index < -0.39 is 29.5 Å². The lowest BCUT2D eigenvalue weighted by Gasteiger charge is -2.17. The maximum atomic E-state index is 13.0. The fourth-order valence-corrected chi connectivity index (χ4v) is 2.78. The van der Waals surface area contributed by atoms with Crippen molar-refractivity contribution in [2.24, 2.45) is 0 Å². The molecule has 1 aliphatic rings. The molecule has 2 aromatic rings. The van der Waals surface area contributed by atoms with Crippen molar-refractivity contribution >= 4 is 17.5 Å². The highest BCUT2D eigenvalue weighted by molar-refractivity contribution is 5.99. The van der Waals surface area contributed by atoms with Crippen LogP contribution in [0, 0.1) is 5.82 Å². The van der Waals surface area contributed by atoms with Crippen molar-refractivity contribution in [3.63, 3.8) is 0 Å². The summed E-state index contributed by atoms with van der Waals surface area (Å²) in [6.45, 7) is 0.162. The van der Waals surface area contributed by atoms with E-state index in [4.69, 9.17) is 0 Å². The van der Waals surface area contributed by atoms with Crippen LogP contribution in [0.25, 0.3) is 0 Å². The summed E-state index contributed by atoms with van der Waals surface area (Å²) < 4.78 is 51.2. The summed E-state index contributed by atoms with van der Waals surface area (Å²) in [6.07, 6.45) is -4.53. The van der Waals surface area contributed by atoms with Gasteiger partial charge in [-0.05, 0) is 42.5 Å². The second kappa shape index (κ2) is 6.78. The summed E-state index contributed by atoms with van der Waals surface area (Å²) in [6, 6.07) is 8.87. The number of nitrogens with zero attached hydrogens (tertiary/aromatic N) is 1. The Kier molecular flexibility index (Phi) is 4.67. The average Bonchev–Trinajstić information content (AvgIpc) is 2.95. The fraction of sp³-hybridized carbons (Fsp3) is 0.222. The number of carbonyl (C=O) groups is 2. The molecule has 8 heteroatoms. The largest absolute Gasteiger partial charge is 0.416 e. The molecule has 0 aromatic heterocycles. The zero-order valence-electron chi connectivity index (χ0n) is 13.4. The highest BCUT2D eigenvalue weighted by Gasteiger charge is 2.33. The average molecular weight is 366 g/mol. The van der Waals surface area contributed by atoms with Crippen LogP contribution in [0.5, 0.6) is 0 Å². The van der Waals surface area contributed by atoms with Crippen LogP contribution < -0.4 is 10.2 Å². The number of nitrogens with one attached hydrogen (secondary N) is 1. The predicted octanol–water partition coefficient (Wildman–Crippen LogP) is 3.38. The molecule has 1 saturated heterocycles.